The van der Waals surface area contributed by atoms with Gasteiger partial charge in [0.05, 0.1) is 11.8 Å². The van der Waals surface area contributed by atoms with Crippen LogP contribution in [0.25, 0.3) is 0 Å². The first-order chi connectivity index (χ1) is 13.9. The van der Waals surface area contributed by atoms with E-state index in [1.807, 2.05) is 6.07 Å². The van der Waals surface area contributed by atoms with Crippen LogP contribution in [0.1, 0.15) is 48.0 Å². The van der Waals surface area contributed by atoms with E-state index in [1.54, 1.807) is 42.5 Å². The first-order valence-electron chi connectivity index (χ1n) is 10.0. The normalized spacial score (nSPS) is 17.0. The second-order valence-corrected chi connectivity index (χ2v) is 10.5. The smallest absolute Gasteiger partial charge is 0.251 e. The molecule has 1 aliphatic heterocycles. The molecule has 1 amide bonds. The van der Waals surface area contributed by atoms with Crippen molar-refractivity contribution in [1.29, 1.82) is 0 Å². The molecular formula is C21H29N3O3S2. The third-order valence-electron chi connectivity index (χ3n) is 5.36. The highest BCUT2D eigenvalue weighted by Crippen LogP contribution is 2.29. The van der Waals surface area contributed by atoms with Crippen LogP contribution in [0.15, 0.2) is 41.8 Å². The SMILES string of the molecule is CCS(=O)(=O)Nc1cccc(C(=O)NCC(c2cccs2)N2CCC(C)CC2)c1. The minimum atomic E-state index is -3.38. The number of sulfonamides is 1. The van der Waals surface area contributed by atoms with Crippen LogP contribution in [-0.4, -0.2) is 44.6 Å². The van der Waals surface area contributed by atoms with E-state index in [1.165, 1.54) is 17.7 Å². The van der Waals surface area contributed by atoms with Crippen LogP contribution in [0.5, 0.6) is 0 Å². The van der Waals surface area contributed by atoms with Crippen LogP contribution >= 0.6 is 11.3 Å². The van der Waals surface area contributed by atoms with Crippen LogP contribution in [-0.2, 0) is 10.0 Å². The Labute approximate surface area is 177 Å². The molecule has 1 atom stereocenters. The Morgan fingerprint density at radius 3 is 2.66 bits per heavy atom. The topological polar surface area (TPSA) is 78.5 Å². The lowest BCUT2D eigenvalue weighted by Gasteiger charge is -2.36. The standard InChI is InChI=1S/C21H29N3O3S2/c1-3-29(26,27)23-18-7-4-6-17(14-18)21(25)22-15-19(20-8-5-13-28-20)24-11-9-16(2)10-12-24/h4-8,13-14,16,19,23H,3,9-12,15H2,1-2H3,(H,22,25). The lowest BCUT2D eigenvalue weighted by molar-refractivity contribution is 0.0915. The first kappa shape index (κ1) is 21.8. The number of carbonyl (C=O) groups excluding carboxylic acids is 1. The van der Waals surface area contributed by atoms with Crippen LogP contribution in [0.4, 0.5) is 5.69 Å². The third-order valence-corrected chi connectivity index (χ3v) is 7.65. The van der Waals surface area contributed by atoms with Crippen molar-refractivity contribution in [1.82, 2.24) is 10.2 Å². The summed E-state index contributed by atoms with van der Waals surface area (Å²) in [5.41, 5.74) is 0.845. The molecule has 1 aromatic heterocycles. The fraction of sp³-hybridized carbons (Fsp3) is 0.476. The van der Waals surface area contributed by atoms with Gasteiger partial charge in [-0.1, -0.05) is 19.1 Å². The fourth-order valence-corrected chi connectivity index (χ4v) is 4.99. The van der Waals surface area contributed by atoms with E-state index in [9.17, 15) is 13.2 Å². The highest BCUT2D eigenvalue weighted by Gasteiger charge is 2.26. The number of anilines is 1. The summed E-state index contributed by atoms with van der Waals surface area (Å²) in [6.45, 7) is 6.46. The summed E-state index contributed by atoms with van der Waals surface area (Å²) in [7, 11) is -3.38. The maximum absolute atomic E-state index is 12.7. The summed E-state index contributed by atoms with van der Waals surface area (Å²) in [4.78, 5) is 16.4. The van der Waals surface area contributed by atoms with Crippen molar-refractivity contribution in [3.05, 3.63) is 52.2 Å². The van der Waals surface area contributed by atoms with Gasteiger partial charge in [0.25, 0.3) is 5.91 Å². The van der Waals surface area contributed by atoms with Gasteiger partial charge in [-0.3, -0.25) is 14.4 Å². The Balaban J connectivity index is 1.67. The molecule has 0 radical (unpaired) electrons. The van der Waals surface area contributed by atoms with Crippen LogP contribution in [0.2, 0.25) is 0 Å². The Morgan fingerprint density at radius 1 is 1.24 bits per heavy atom. The van der Waals surface area contributed by atoms with Crippen molar-refractivity contribution >= 4 is 33.0 Å². The molecule has 2 aromatic rings. The monoisotopic (exact) mass is 435 g/mol. The number of likely N-dealkylation sites (tertiary alicyclic amines) is 1. The molecule has 1 fully saturated rings. The number of amides is 1. The summed E-state index contributed by atoms with van der Waals surface area (Å²) in [5.74, 6) is 0.536. The number of benzene rings is 1. The van der Waals surface area contributed by atoms with E-state index in [0.717, 1.165) is 19.0 Å². The third kappa shape index (κ3) is 6.04. The van der Waals surface area contributed by atoms with Gasteiger partial charge in [-0.15, -0.1) is 11.3 Å². The number of rotatable bonds is 8. The van der Waals surface area contributed by atoms with Crippen LogP contribution in [0, 0.1) is 5.92 Å². The molecule has 0 saturated carbocycles. The number of carbonyl (C=O) groups is 1. The fourth-order valence-electron chi connectivity index (χ4n) is 3.50. The van der Waals surface area contributed by atoms with E-state index in [0.29, 0.717) is 17.8 Å². The van der Waals surface area contributed by atoms with Crippen molar-refractivity contribution in [3.8, 4) is 0 Å². The minimum Gasteiger partial charge on any atom is -0.350 e. The van der Waals surface area contributed by atoms with E-state index < -0.39 is 10.0 Å². The lowest BCUT2D eigenvalue weighted by Crippen LogP contribution is -2.41. The molecule has 0 aliphatic carbocycles. The van der Waals surface area contributed by atoms with Crippen LogP contribution < -0.4 is 10.0 Å². The Kier molecular flexibility index (Phi) is 7.32. The van der Waals surface area contributed by atoms with E-state index in [4.69, 9.17) is 0 Å². The summed E-state index contributed by atoms with van der Waals surface area (Å²) in [5, 5.41) is 5.12. The van der Waals surface area contributed by atoms with Gasteiger partial charge in [-0.25, -0.2) is 8.42 Å². The molecule has 3 rings (SSSR count). The number of piperidine rings is 1. The van der Waals surface area contributed by atoms with E-state index in [2.05, 4.69) is 33.3 Å². The van der Waals surface area contributed by atoms with Crippen molar-refractivity contribution in [2.45, 2.75) is 32.7 Å². The molecule has 158 valence electrons. The number of hydrogen-bond donors (Lipinski definition) is 2. The minimum absolute atomic E-state index is 0.0135. The maximum Gasteiger partial charge on any atom is 0.251 e. The number of hydrogen-bond acceptors (Lipinski definition) is 5. The summed E-state index contributed by atoms with van der Waals surface area (Å²) >= 11 is 1.71. The maximum atomic E-state index is 12.7. The molecule has 0 spiro atoms. The second-order valence-electron chi connectivity index (χ2n) is 7.55. The summed E-state index contributed by atoms with van der Waals surface area (Å²) in [6, 6.07) is 10.9. The second kappa shape index (κ2) is 9.73. The number of nitrogens with zero attached hydrogens (tertiary/aromatic N) is 1. The van der Waals surface area contributed by atoms with Crippen molar-refractivity contribution in [2.24, 2.45) is 5.92 Å². The number of thiophene rings is 1. The van der Waals surface area contributed by atoms with Gasteiger partial charge in [-0.2, -0.15) is 0 Å². The quantitative estimate of drug-likeness (QED) is 0.663. The zero-order valence-electron chi connectivity index (χ0n) is 16.9. The molecule has 6 nitrogen and oxygen atoms in total. The molecule has 1 saturated heterocycles. The predicted molar refractivity (Wildman–Crippen MR) is 119 cm³/mol. The van der Waals surface area contributed by atoms with Gasteiger partial charge in [-0.05, 0) is 68.4 Å². The zero-order valence-corrected chi connectivity index (χ0v) is 18.6. The molecular weight excluding hydrogens is 406 g/mol. The van der Waals surface area contributed by atoms with Crippen molar-refractivity contribution in [2.75, 3.05) is 30.1 Å². The van der Waals surface area contributed by atoms with Gasteiger partial charge < -0.3 is 5.32 Å². The van der Waals surface area contributed by atoms with E-state index >= 15 is 0 Å². The summed E-state index contributed by atoms with van der Waals surface area (Å²) in [6.07, 6.45) is 2.35. The van der Waals surface area contributed by atoms with Gasteiger partial charge in [0.2, 0.25) is 10.0 Å². The average Bonchev–Trinajstić information content (AvgIpc) is 3.24. The Hall–Kier alpha value is -1.90. The molecule has 8 heteroatoms. The zero-order chi connectivity index (χ0) is 20.9. The Morgan fingerprint density at radius 2 is 2.00 bits per heavy atom. The average molecular weight is 436 g/mol. The van der Waals surface area contributed by atoms with Crippen molar-refractivity contribution < 1.29 is 13.2 Å². The first-order valence-corrected chi connectivity index (χ1v) is 12.6. The largest absolute Gasteiger partial charge is 0.350 e. The highest BCUT2D eigenvalue weighted by molar-refractivity contribution is 7.92. The molecule has 0 bridgehead atoms. The molecule has 1 aliphatic rings. The molecule has 2 heterocycles. The van der Waals surface area contributed by atoms with Crippen molar-refractivity contribution in [3.63, 3.8) is 0 Å². The predicted octanol–water partition coefficient (Wildman–Crippen LogP) is 3.71. The molecule has 1 aromatic carbocycles. The Bertz CT molecular complexity index is 905. The number of nitrogens with one attached hydrogen (secondary N) is 2. The van der Waals surface area contributed by atoms with Gasteiger partial charge in [0.15, 0.2) is 0 Å². The lowest BCUT2D eigenvalue weighted by atomic mass is 9.97. The molecule has 29 heavy (non-hydrogen) atoms. The molecule has 1 unspecified atom stereocenters. The van der Waals surface area contributed by atoms with E-state index in [-0.39, 0.29) is 17.7 Å². The highest BCUT2D eigenvalue weighted by atomic mass is 32.2. The summed E-state index contributed by atoms with van der Waals surface area (Å²) < 4.78 is 26.0. The van der Waals surface area contributed by atoms with Gasteiger partial charge in [0, 0.05) is 22.7 Å². The van der Waals surface area contributed by atoms with Gasteiger partial charge in [0.1, 0.15) is 0 Å². The molecule has 2 N–H and O–H groups in total. The van der Waals surface area contributed by atoms with Gasteiger partial charge >= 0.3 is 0 Å². The van der Waals surface area contributed by atoms with Crippen LogP contribution in [0.3, 0.4) is 0 Å².